The molecular formula is C22H17N3O3S. The van der Waals surface area contributed by atoms with Crippen LogP contribution in [0, 0.1) is 0 Å². The van der Waals surface area contributed by atoms with Gasteiger partial charge < -0.3 is 10.3 Å². The molecule has 0 fully saturated rings. The Morgan fingerprint density at radius 3 is 2.59 bits per heavy atom. The summed E-state index contributed by atoms with van der Waals surface area (Å²) >= 11 is 0. The Bertz CT molecular complexity index is 1290. The lowest BCUT2D eigenvalue weighted by molar-refractivity contribution is -0.111. The Labute approximate surface area is 167 Å². The number of amides is 1. The van der Waals surface area contributed by atoms with Crippen molar-refractivity contribution in [3.8, 4) is 0 Å². The van der Waals surface area contributed by atoms with Gasteiger partial charge in [0.1, 0.15) is 0 Å². The van der Waals surface area contributed by atoms with Crippen LogP contribution < -0.4 is 5.32 Å². The number of hydrogen-bond acceptors (Lipinski definition) is 4. The van der Waals surface area contributed by atoms with Crippen LogP contribution in [-0.2, 0) is 14.6 Å². The quantitative estimate of drug-likeness (QED) is 0.492. The van der Waals surface area contributed by atoms with Crippen LogP contribution in [0.2, 0.25) is 0 Å². The monoisotopic (exact) mass is 403 g/mol. The predicted molar refractivity (Wildman–Crippen MR) is 112 cm³/mol. The van der Waals surface area contributed by atoms with Crippen molar-refractivity contribution < 1.29 is 13.2 Å². The van der Waals surface area contributed by atoms with E-state index in [1.807, 2.05) is 12.1 Å². The fraction of sp³-hybridized carbons (Fsp3) is 0. The number of aromatic nitrogens is 2. The fourth-order valence-corrected chi connectivity index (χ4v) is 4.44. The second-order valence-corrected chi connectivity index (χ2v) is 8.25. The molecule has 7 heteroatoms. The molecular weight excluding hydrogens is 386 g/mol. The maximum absolute atomic E-state index is 13.0. The Morgan fingerprint density at radius 2 is 1.83 bits per heavy atom. The molecule has 0 aliphatic rings. The van der Waals surface area contributed by atoms with Crippen molar-refractivity contribution in [3.05, 3.63) is 90.9 Å². The molecule has 0 unspecified atom stereocenters. The van der Waals surface area contributed by atoms with Gasteiger partial charge in [-0.15, -0.1) is 0 Å². The van der Waals surface area contributed by atoms with Crippen LogP contribution in [0.1, 0.15) is 5.56 Å². The Balaban J connectivity index is 1.52. The van der Waals surface area contributed by atoms with Gasteiger partial charge in [-0.25, -0.2) is 8.42 Å². The Kier molecular flexibility index (Phi) is 4.97. The van der Waals surface area contributed by atoms with E-state index in [0.717, 1.165) is 11.1 Å². The number of hydrogen-bond donors (Lipinski definition) is 2. The van der Waals surface area contributed by atoms with E-state index in [-0.39, 0.29) is 15.7 Å². The van der Waals surface area contributed by atoms with Crippen LogP contribution in [0.5, 0.6) is 0 Å². The summed E-state index contributed by atoms with van der Waals surface area (Å²) in [6.07, 6.45) is 8.06. The normalized spacial score (nSPS) is 11.7. The van der Waals surface area contributed by atoms with Crippen molar-refractivity contribution in [2.24, 2.45) is 0 Å². The molecule has 4 rings (SSSR count). The highest BCUT2D eigenvalue weighted by molar-refractivity contribution is 7.91. The second-order valence-electron chi connectivity index (χ2n) is 6.33. The van der Waals surface area contributed by atoms with Gasteiger partial charge in [-0.3, -0.25) is 9.78 Å². The van der Waals surface area contributed by atoms with Crippen LogP contribution in [-0.4, -0.2) is 24.3 Å². The molecule has 0 radical (unpaired) electrons. The number of rotatable bonds is 5. The van der Waals surface area contributed by atoms with Crippen molar-refractivity contribution in [1.82, 2.24) is 9.97 Å². The smallest absolute Gasteiger partial charge is 0.248 e. The summed E-state index contributed by atoms with van der Waals surface area (Å²) in [5.41, 5.74) is 2.07. The standard InChI is InChI=1S/C22H17N3O3S/c26-22(11-6-16-3-2-13-23-15-16)25-17-7-9-18(10-8-17)29(27,28)21-5-1-4-20-19(21)12-14-24-20/h1-15,24H,(H,25,26). The van der Waals surface area contributed by atoms with Crippen LogP contribution in [0.4, 0.5) is 5.69 Å². The van der Waals surface area contributed by atoms with E-state index in [1.54, 1.807) is 61.1 Å². The average molecular weight is 403 g/mol. The molecule has 0 saturated heterocycles. The summed E-state index contributed by atoms with van der Waals surface area (Å²) in [4.78, 5) is 19.5. The lowest BCUT2D eigenvalue weighted by Gasteiger charge is -2.08. The van der Waals surface area contributed by atoms with Crippen LogP contribution in [0.3, 0.4) is 0 Å². The number of anilines is 1. The first-order valence-corrected chi connectivity index (χ1v) is 10.3. The molecule has 1 amide bonds. The van der Waals surface area contributed by atoms with E-state index >= 15 is 0 Å². The average Bonchev–Trinajstić information content (AvgIpc) is 3.22. The maximum Gasteiger partial charge on any atom is 0.248 e. The summed E-state index contributed by atoms with van der Waals surface area (Å²) in [6.45, 7) is 0. The molecule has 2 N–H and O–H groups in total. The highest BCUT2D eigenvalue weighted by atomic mass is 32.2. The fourth-order valence-electron chi connectivity index (χ4n) is 2.97. The number of sulfone groups is 1. The van der Waals surface area contributed by atoms with E-state index in [9.17, 15) is 13.2 Å². The van der Waals surface area contributed by atoms with E-state index in [4.69, 9.17) is 0 Å². The first-order chi connectivity index (χ1) is 14.0. The van der Waals surface area contributed by atoms with Gasteiger partial charge in [0.15, 0.2) is 0 Å². The summed E-state index contributed by atoms with van der Waals surface area (Å²) in [5.74, 6) is -0.318. The molecule has 0 spiro atoms. The molecule has 29 heavy (non-hydrogen) atoms. The topological polar surface area (TPSA) is 91.9 Å². The van der Waals surface area contributed by atoms with E-state index < -0.39 is 9.84 Å². The van der Waals surface area contributed by atoms with Crippen molar-refractivity contribution in [2.75, 3.05) is 5.32 Å². The summed E-state index contributed by atoms with van der Waals surface area (Å²) in [7, 11) is -3.68. The van der Waals surface area contributed by atoms with Crippen molar-refractivity contribution >= 4 is 38.4 Å². The Hall–Kier alpha value is -3.71. The Morgan fingerprint density at radius 1 is 1.00 bits per heavy atom. The molecule has 2 aromatic heterocycles. The van der Waals surface area contributed by atoms with Gasteiger partial charge in [0, 0.05) is 41.3 Å². The first kappa shape index (κ1) is 18.6. The van der Waals surface area contributed by atoms with Crippen LogP contribution in [0.25, 0.3) is 17.0 Å². The van der Waals surface area contributed by atoms with Crippen molar-refractivity contribution in [1.29, 1.82) is 0 Å². The van der Waals surface area contributed by atoms with Crippen LogP contribution in [0.15, 0.2) is 95.1 Å². The number of nitrogens with zero attached hydrogens (tertiary/aromatic N) is 1. The van der Waals surface area contributed by atoms with Gasteiger partial charge in [-0.05, 0) is 60.2 Å². The van der Waals surface area contributed by atoms with Gasteiger partial charge in [0.05, 0.1) is 9.79 Å². The molecule has 0 aliphatic carbocycles. The van der Waals surface area contributed by atoms with Crippen molar-refractivity contribution in [2.45, 2.75) is 9.79 Å². The number of pyridine rings is 1. The highest BCUT2D eigenvalue weighted by Gasteiger charge is 2.20. The van der Waals surface area contributed by atoms with Gasteiger partial charge in [-0.2, -0.15) is 0 Å². The van der Waals surface area contributed by atoms with Gasteiger partial charge >= 0.3 is 0 Å². The second kappa shape index (κ2) is 7.73. The molecule has 2 aromatic carbocycles. The molecule has 144 valence electrons. The molecule has 2 heterocycles. The summed E-state index contributed by atoms with van der Waals surface area (Å²) in [6, 6.07) is 16.6. The molecule has 0 saturated carbocycles. The number of H-pyrrole nitrogens is 1. The predicted octanol–water partition coefficient (Wildman–Crippen LogP) is 4.05. The van der Waals surface area contributed by atoms with Gasteiger partial charge in [0.25, 0.3) is 0 Å². The third kappa shape index (κ3) is 3.95. The number of carbonyl (C=O) groups is 1. The number of fused-ring (bicyclic) bond motifs is 1. The number of benzene rings is 2. The highest BCUT2D eigenvalue weighted by Crippen LogP contribution is 2.28. The van der Waals surface area contributed by atoms with Crippen molar-refractivity contribution in [3.63, 3.8) is 0 Å². The zero-order valence-corrected chi connectivity index (χ0v) is 16.1. The maximum atomic E-state index is 13.0. The lowest BCUT2D eigenvalue weighted by atomic mass is 10.2. The molecule has 0 atom stereocenters. The number of nitrogens with one attached hydrogen (secondary N) is 2. The third-order valence-corrected chi connectivity index (χ3v) is 6.22. The van der Waals surface area contributed by atoms with E-state index in [2.05, 4.69) is 15.3 Å². The molecule has 4 aromatic rings. The third-order valence-electron chi connectivity index (χ3n) is 4.39. The minimum Gasteiger partial charge on any atom is -0.361 e. The SMILES string of the molecule is O=C(C=Cc1cccnc1)Nc1ccc(S(=O)(=O)c2cccc3[nH]ccc23)cc1. The van der Waals surface area contributed by atoms with Gasteiger partial charge in [-0.1, -0.05) is 12.1 Å². The zero-order valence-electron chi connectivity index (χ0n) is 15.2. The zero-order chi connectivity index (χ0) is 20.3. The largest absolute Gasteiger partial charge is 0.361 e. The summed E-state index contributed by atoms with van der Waals surface area (Å²) < 4.78 is 26.0. The molecule has 0 bridgehead atoms. The van der Waals surface area contributed by atoms with Crippen LogP contribution >= 0.6 is 0 Å². The first-order valence-electron chi connectivity index (χ1n) is 8.84. The minimum absolute atomic E-state index is 0.162. The van der Waals surface area contributed by atoms with Gasteiger partial charge in [0.2, 0.25) is 15.7 Å². The number of aromatic amines is 1. The lowest BCUT2D eigenvalue weighted by Crippen LogP contribution is -2.08. The molecule has 0 aliphatic heterocycles. The van der Waals surface area contributed by atoms with E-state index in [0.29, 0.717) is 11.1 Å². The summed E-state index contributed by atoms with van der Waals surface area (Å²) in [5, 5.41) is 3.35. The molecule has 6 nitrogen and oxygen atoms in total. The number of carbonyl (C=O) groups excluding carboxylic acids is 1. The minimum atomic E-state index is -3.68. The van der Waals surface area contributed by atoms with E-state index in [1.165, 1.54) is 18.2 Å².